The summed E-state index contributed by atoms with van der Waals surface area (Å²) >= 11 is 0. The first-order valence-electron chi connectivity index (χ1n) is 6.51. The number of hydrogen-bond acceptors (Lipinski definition) is 5. The summed E-state index contributed by atoms with van der Waals surface area (Å²) in [6.45, 7) is 3.37. The van der Waals surface area contributed by atoms with Gasteiger partial charge in [-0.3, -0.25) is 9.59 Å². The smallest absolute Gasteiger partial charge is 0.309 e. The van der Waals surface area contributed by atoms with Crippen molar-refractivity contribution in [3.63, 3.8) is 0 Å². The van der Waals surface area contributed by atoms with Crippen LogP contribution < -0.4 is 20.1 Å². The van der Waals surface area contributed by atoms with Gasteiger partial charge in [0.1, 0.15) is 0 Å². The number of carbonyl (C=O) groups is 2. The number of ether oxygens (including phenoxy) is 2. The highest BCUT2D eigenvalue weighted by molar-refractivity contribution is 6.35. The van der Waals surface area contributed by atoms with Crippen LogP contribution in [0.4, 0.5) is 0 Å². The van der Waals surface area contributed by atoms with Crippen LogP contribution in [0.5, 0.6) is 11.5 Å². The van der Waals surface area contributed by atoms with Crippen molar-refractivity contribution in [3.05, 3.63) is 23.8 Å². The van der Waals surface area contributed by atoms with Crippen molar-refractivity contribution in [3.8, 4) is 11.5 Å². The van der Waals surface area contributed by atoms with Gasteiger partial charge in [-0.15, -0.1) is 0 Å². The summed E-state index contributed by atoms with van der Waals surface area (Å²) in [6, 6.07) is 5.28. The fraction of sp³-hybridized carbons (Fsp3) is 0.429. The van der Waals surface area contributed by atoms with E-state index >= 15 is 0 Å². The largest absolute Gasteiger partial charge is 0.454 e. The summed E-state index contributed by atoms with van der Waals surface area (Å²) in [4.78, 5) is 23.3. The average molecular weight is 294 g/mol. The number of fused-ring (bicyclic) bond motifs is 1. The average Bonchev–Trinajstić information content (AvgIpc) is 2.91. The first-order chi connectivity index (χ1) is 9.91. The summed E-state index contributed by atoms with van der Waals surface area (Å²) in [5.74, 6) is -0.260. The maximum Gasteiger partial charge on any atom is 0.309 e. The van der Waals surface area contributed by atoms with E-state index < -0.39 is 17.4 Å². The van der Waals surface area contributed by atoms with Gasteiger partial charge in [0.25, 0.3) is 0 Å². The molecule has 0 fully saturated rings. The number of nitrogens with one attached hydrogen (secondary N) is 2. The lowest BCUT2D eigenvalue weighted by Crippen LogP contribution is -2.51. The topological polar surface area (TPSA) is 96.9 Å². The van der Waals surface area contributed by atoms with Crippen molar-refractivity contribution in [1.29, 1.82) is 0 Å². The van der Waals surface area contributed by atoms with Crippen molar-refractivity contribution < 1.29 is 24.2 Å². The lowest BCUT2D eigenvalue weighted by Gasteiger charge is -2.22. The van der Waals surface area contributed by atoms with Crippen LogP contribution in [-0.4, -0.2) is 35.9 Å². The van der Waals surface area contributed by atoms with Crippen LogP contribution in [0.2, 0.25) is 0 Å². The van der Waals surface area contributed by atoms with Gasteiger partial charge in [0.2, 0.25) is 6.79 Å². The molecule has 0 aliphatic carbocycles. The summed E-state index contributed by atoms with van der Waals surface area (Å²) < 4.78 is 10.4. The van der Waals surface area contributed by atoms with E-state index in [0.717, 1.165) is 5.56 Å². The first-order valence-corrected chi connectivity index (χ1v) is 6.51. The molecule has 114 valence electrons. The van der Waals surface area contributed by atoms with Crippen LogP contribution in [-0.2, 0) is 16.1 Å². The number of aliphatic hydroxyl groups excluding tert-OH is 1. The van der Waals surface area contributed by atoms with Crippen molar-refractivity contribution in [2.24, 2.45) is 0 Å². The van der Waals surface area contributed by atoms with Crippen LogP contribution in [0.3, 0.4) is 0 Å². The molecule has 0 spiro atoms. The van der Waals surface area contributed by atoms with Gasteiger partial charge in [-0.25, -0.2) is 0 Å². The Labute approximate surface area is 122 Å². The molecule has 0 saturated heterocycles. The zero-order valence-electron chi connectivity index (χ0n) is 11.9. The zero-order chi connectivity index (χ0) is 15.5. The maximum atomic E-state index is 11.7. The highest BCUT2D eigenvalue weighted by Gasteiger charge is 2.23. The van der Waals surface area contributed by atoms with Crippen LogP contribution in [0.15, 0.2) is 18.2 Å². The Morgan fingerprint density at radius 1 is 1.24 bits per heavy atom. The molecule has 1 aliphatic heterocycles. The third-order valence-corrected chi connectivity index (χ3v) is 2.94. The Balaban J connectivity index is 1.88. The molecule has 3 N–H and O–H groups in total. The molecule has 0 radical (unpaired) electrons. The molecule has 0 aromatic heterocycles. The van der Waals surface area contributed by atoms with E-state index in [1.807, 2.05) is 0 Å². The SMILES string of the molecule is CC(C)(CO)NC(=O)C(=O)NCc1ccc2c(c1)OCO2. The number of hydrogen-bond donors (Lipinski definition) is 3. The van der Waals surface area contributed by atoms with Gasteiger partial charge in [-0.05, 0) is 31.5 Å². The van der Waals surface area contributed by atoms with Crippen LogP contribution in [0.1, 0.15) is 19.4 Å². The van der Waals surface area contributed by atoms with Gasteiger partial charge < -0.3 is 25.2 Å². The molecule has 0 bridgehead atoms. The summed E-state index contributed by atoms with van der Waals surface area (Å²) in [5, 5.41) is 14.0. The van der Waals surface area contributed by atoms with Gasteiger partial charge in [0.05, 0.1) is 12.1 Å². The van der Waals surface area contributed by atoms with E-state index in [4.69, 9.17) is 14.6 Å². The van der Waals surface area contributed by atoms with E-state index in [-0.39, 0.29) is 19.9 Å². The van der Waals surface area contributed by atoms with Gasteiger partial charge in [0, 0.05) is 6.54 Å². The molecular weight excluding hydrogens is 276 g/mol. The highest BCUT2D eigenvalue weighted by Crippen LogP contribution is 2.32. The Morgan fingerprint density at radius 2 is 1.95 bits per heavy atom. The summed E-state index contributed by atoms with van der Waals surface area (Å²) in [7, 11) is 0. The molecule has 1 aliphatic rings. The minimum absolute atomic E-state index is 0.184. The molecule has 21 heavy (non-hydrogen) atoms. The van der Waals surface area contributed by atoms with Crippen molar-refractivity contribution in [1.82, 2.24) is 10.6 Å². The van der Waals surface area contributed by atoms with E-state index in [1.165, 1.54) is 0 Å². The van der Waals surface area contributed by atoms with E-state index in [1.54, 1.807) is 32.0 Å². The number of carbonyl (C=O) groups excluding carboxylic acids is 2. The quantitative estimate of drug-likeness (QED) is 0.675. The third kappa shape index (κ3) is 3.85. The van der Waals surface area contributed by atoms with Crippen molar-refractivity contribution >= 4 is 11.8 Å². The molecule has 7 nitrogen and oxygen atoms in total. The zero-order valence-corrected chi connectivity index (χ0v) is 11.9. The monoisotopic (exact) mass is 294 g/mol. The van der Waals surface area contributed by atoms with Crippen molar-refractivity contribution in [2.45, 2.75) is 25.9 Å². The van der Waals surface area contributed by atoms with Gasteiger partial charge in [-0.1, -0.05) is 6.07 Å². The second-order valence-electron chi connectivity index (χ2n) is 5.37. The van der Waals surface area contributed by atoms with E-state index in [0.29, 0.717) is 11.5 Å². The molecule has 0 saturated carbocycles. The van der Waals surface area contributed by atoms with Crippen LogP contribution >= 0.6 is 0 Å². The molecule has 2 rings (SSSR count). The highest BCUT2D eigenvalue weighted by atomic mass is 16.7. The van der Waals surface area contributed by atoms with Crippen LogP contribution in [0.25, 0.3) is 0 Å². The normalized spacial score (nSPS) is 12.9. The van der Waals surface area contributed by atoms with Gasteiger partial charge >= 0.3 is 11.8 Å². The lowest BCUT2D eigenvalue weighted by molar-refractivity contribution is -0.140. The Morgan fingerprint density at radius 3 is 2.67 bits per heavy atom. The minimum atomic E-state index is -0.840. The number of benzene rings is 1. The number of rotatable bonds is 4. The lowest BCUT2D eigenvalue weighted by atomic mass is 10.1. The molecule has 7 heteroatoms. The molecule has 0 unspecified atom stereocenters. The Kier molecular flexibility index (Phi) is 4.32. The Bertz CT molecular complexity index is 556. The summed E-state index contributed by atoms with van der Waals surface area (Å²) in [6.07, 6.45) is 0. The van der Waals surface area contributed by atoms with Gasteiger partial charge in [0.15, 0.2) is 11.5 Å². The van der Waals surface area contributed by atoms with Crippen molar-refractivity contribution in [2.75, 3.05) is 13.4 Å². The second kappa shape index (κ2) is 6.01. The predicted molar refractivity (Wildman–Crippen MR) is 73.7 cm³/mol. The predicted octanol–water partition coefficient (Wildman–Crippen LogP) is -0.0814. The fourth-order valence-electron chi connectivity index (χ4n) is 1.72. The fourth-order valence-corrected chi connectivity index (χ4v) is 1.72. The third-order valence-electron chi connectivity index (χ3n) is 2.94. The van der Waals surface area contributed by atoms with E-state index in [2.05, 4.69) is 10.6 Å². The molecule has 0 atom stereocenters. The molecule has 1 aromatic carbocycles. The second-order valence-corrected chi connectivity index (χ2v) is 5.37. The standard InChI is InChI=1S/C14H18N2O5/c1-14(2,7-17)16-13(19)12(18)15-6-9-3-4-10-11(5-9)21-8-20-10/h3-5,17H,6-8H2,1-2H3,(H,15,18)(H,16,19). The maximum absolute atomic E-state index is 11.7. The van der Waals surface area contributed by atoms with E-state index in [9.17, 15) is 9.59 Å². The number of aliphatic hydroxyl groups is 1. The first kappa shape index (κ1) is 15.1. The van der Waals surface area contributed by atoms with Crippen LogP contribution in [0, 0.1) is 0 Å². The van der Waals surface area contributed by atoms with Gasteiger partial charge in [-0.2, -0.15) is 0 Å². The molecule has 1 heterocycles. The minimum Gasteiger partial charge on any atom is -0.454 e. The summed E-state index contributed by atoms with van der Waals surface area (Å²) in [5.41, 5.74) is -0.0468. The molecule has 2 amide bonds. The molecular formula is C14H18N2O5. The molecule has 1 aromatic rings. The number of amides is 2. The Hall–Kier alpha value is -2.28.